The molecule has 1 N–H and O–H groups in total. The Hall–Kier alpha value is -1.92. The van der Waals surface area contributed by atoms with Gasteiger partial charge in [0, 0.05) is 45.2 Å². The van der Waals surface area contributed by atoms with E-state index < -0.39 is 6.10 Å². The van der Waals surface area contributed by atoms with E-state index in [-0.39, 0.29) is 5.92 Å². The van der Waals surface area contributed by atoms with E-state index in [4.69, 9.17) is 5.26 Å². The summed E-state index contributed by atoms with van der Waals surface area (Å²) < 4.78 is 0. The minimum atomic E-state index is -0.470. The van der Waals surface area contributed by atoms with Gasteiger partial charge in [-0.3, -0.25) is 9.80 Å². The van der Waals surface area contributed by atoms with Gasteiger partial charge in [0.05, 0.1) is 24.2 Å². The molecule has 3 unspecified atom stereocenters. The molecule has 3 atom stereocenters. The van der Waals surface area contributed by atoms with Gasteiger partial charge in [0.25, 0.3) is 0 Å². The largest absolute Gasteiger partial charge is 0.387 e. The number of hydrogen-bond donors (Lipinski definition) is 1. The summed E-state index contributed by atoms with van der Waals surface area (Å²) in [6.45, 7) is 6.22. The Balaban J connectivity index is 1.82. The van der Waals surface area contributed by atoms with Crippen molar-refractivity contribution in [3.8, 4) is 12.1 Å². The van der Waals surface area contributed by atoms with Crippen LogP contribution in [-0.4, -0.2) is 53.7 Å². The maximum absolute atomic E-state index is 10.4. The second-order valence-electron chi connectivity index (χ2n) is 6.55. The quantitative estimate of drug-likeness (QED) is 0.831. The van der Waals surface area contributed by atoms with Gasteiger partial charge in [-0.2, -0.15) is 10.5 Å². The molecule has 1 saturated heterocycles. The summed E-state index contributed by atoms with van der Waals surface area (Å²) in [7, 11) is 0. The van der Waals surface area contributed by atoms with Gasteiger partial charge in [0.1, 0.15) is 0 Å². The van der Waals surface area contributed by atoms with Gasteiger partial charge in [-0.15, -0.1) is 0 Å². The molecule has 1 heterocycles. The molecule has 1 aliphatic rings. The van der Waals surface area contributed by atoms with Gasteiger partial charge in [-0.05, 0) is 18.9 Å². The first kappa shape index (κ1) is 18.4. The van der Waals surface area contributed by atoms with Crippen molar-refractivity contribution in [1.29, 1.82) is 10.5 Å². The molecule has 0 amide bonds. The SMILES string of the molecule is CC1CN(CC(C#N)CCC#N)CCN1CC(O)c1ccccc1. The summed E-state index contributed by atoms with van der Waals surface area (Å²) in [4.78, 5) is 4.62. The summed E-state index contributed by atoms with van der Waals surface area (Å²) in [6, 6.07) is 14.5. The molecule has 0 bridgehead atoms. The third kappa shape index (κ3) is 5.32. The molecule has 0 aliphatic carbocycles. The minimum Gasteiger partial charge on any atom is -0.387 e. The number of β-amino-alcohol motifs (C(OH)–C–C–N with tert-alkyl or cyclic N) is 1. The van der Waals surface area contributed by atoms with Crippen molar-refractivity contribution in [2.45, 2.75) is 31.9 Å². The molecule has 1 aliphatic heterocycles. The molecule has 1 aromatic rings. The Morgan fingerprint density at radius 1 is 1.21 bits per heavy atom. The van der Waals surface area contributed by atoms with Crippen molar-refractivity contribution < 1.29 is 5.11 Å². The molecule has 5 heteroatoms. The van der Waals surface area contributed by atoms with E-state index in [2.05, 4.69) is 28.9 Å². The van der Waals surface area contributed by atoms with Crippen LogP contribution in [0.1, 0.15) is 31.4 Å². The number of nitriles is 2. The highest BCUT2D eigenvalue weighted by molar-refractivity contribution is 5.17. The van der Waals surface area contributed by atoms with Crippen molar-refractivity contribution in [2.24, 2.45) is 5.92 Å². The van der Waals surface area contributed by atoms with Crippen LogP contribution < -0.4 is 0 Å². The lowest BCUT2D eigenvalue weighted by Gasteiger charge is -2.41. The zero-order valence-corrected chi connectivity index (χ0v) is 14.3. The Bertz CT molecular complexity index is 577. The molecular formula is C19H26N4O. The van der Waals surface area contributed by atoms with Crippen molar-refractivity contribution in [2.75, 3.05) is 32.7 Å². The van der Waals surface area contributed by atoms with Crippen molar-refractivity contribution >= 4 is 0 Å². The maximum Gasteiger partial charge on any atom is 0.0917 e. The Kier molecular flexibility index (Phi) is 7.21. The normalized spacial score (nSPS) is 21.6. The van der Waals surface area contributed by atoms with Crippen LogP contribution in [0, 0.1) is 28.6 Å². The fourth-order valence-corrected chi connectivity index (χ4v) is 3.26. The predicted octanol–water partition coefficient (Wildman–Crippen LogP) is 2.17. The lowest BCUT2D eigenvalue weighted by atomic mass is 10.0. The highest BCUT2D eigenvalue weighted by Crippen LogP contribution is 2.19. The number of aliphatic hydroxyl groups is 1. The second kappa shape index (κ2) is 9.39. The monoisotopic (exact) mass is 326 g/mol. The van der Waals surface area contributed by atoms with Gasteiger partial charge >= 0.3 is 0 Å². The molecule has 0 saturated carbocycles. The number of hydrogen-bond acceptors (Lipinski definition) is 5. The van der Waals surface area contributed by atoms with Crippen molar-refractivity contribution in [3.63, 3.8) is 0 Å². The topological polar surface area (TPSA) is 74.3 Å². The van der Waals surface area contributed by atoms with Gasteiger partial charge in [0.15, 0.2) is 0 Å². The van der Waals surface area contributed by atoms with Crippen molar-refractivity contribution in [1.82, 2.24) is 9.80 Å². The smallest absolute Gasteiger partial charge is 0.0917 e. The van der Waals surface area contributed by atoms with E-state index in [9.17, 15) is 10.4 Å². The van der Waals surface area contributed by atoms with Gasteiger partial charge in [-0.25, -0.2) is 0 Å². The first-order valence-electron chi connectivity index (χ1n) is 8.60. The number of benzene rings is 1. The molecule has 0 radical (unpaired) electrons. The predicted molar refractivity (Wildman–Crippen MR) is 92.8 cm³/mol. The molecule has 1 aromatic carbocycles. The highest BCUT2D eigenvalue weighted by Gasteiger charge is 2.26. The van der Waals surface area contributed by atoms with Crippen LogP contribution in [0.5, 0.6) is 0 Å². The average Bonchev–Trinajstić information content (AvgIpc) is 2.61. The molecule has 24 heavy (non-hydrogen) atoms. The molecule has 128 valence electrons. The van der Waals surface area contributed by atoms with E-state index in [1.165, 1.54) is 0 Å². The van der Waals surface area contributed by atoms with Crippen molar-refractivity contribution in [3.05, 3.63) is 35.9 Å². The summed E-state index contributed by atoms with van der Waals surface area (Å²) in [5.74, 6) is -0.0710. The Morgan fingerprint density at radius 2 is 1.96 bits per heavy atom. The van der Waals surface area contributed by atoms with Crippen LogP contribution in [0.2, 0.25) is 0 Å². The van der Waals surface area contributed by atoms with E-state index in [1.807, 2.05) is 30.3 Å². The first-order valence-corrected chi connectivity index (χ1v) is 8.60. The zero-order chi connectivity index (χ0) is 17.4. The molecule has 1 fully saturated rings. The van der Waals surface area contributed by atoms with Gasteiger partial charge in [-0.1, -0.05) is 30.3 Å². The summed E-state index contributed by atoms with van der Waals surface area (Å²) >= 11 is 0. The van der Waals surface area contributed by atoms with Crippen LogP contribution in [0.15, 0.2) is 30.3 Å². The number of piperazine rings is 1. The lowest BCUT2D eigenvalue weighted by molar-refractivity contribution is 0.0356. The van der Waals surface area contributed by atoms with Crippen LogP contribution >= 0.6 is 0 Å². The summed E-state index contributed by atoms with van der Waals surface area (Å²) in [5, 5.41) is 28.3. The van der Waals surface area contributed by atoms with Gasteiger partial charge < -0.3 is 5.11 Å². The number of aliphatic hydroxyl groups excluding tert-OH is 1. The number of rotatable bonds is 7. The molecule has 5 nitrogen and oxygen atoms in total. The molecule has 0 aromatic heterocycles. The van der Waals surface area contributed by atoms with Crippen LogP contribution in [0.3, 0.4) is 0 Å². The summed E-state index contributed by atoms with van der Waals surface area (Å²) in [6.07, 6.45) is 0.619. The van der Waals surface area contributed by atoms with E-state index >= 15 is 0 Å². The first-order chi connectivity index (χ1) is 11.6. The zero-order valence-electron chi connectivity index (χ0n) is 14.3. The molecular weight excluding hydrogens is 300 g/mol. The van der Waals surface area contributed by atoms with E-state index in [0.29, 0.717) is 25.4 Å². The van der Waals surface area contributed by atoms with E-state index in [0.717, 1.165) is 31.7 Å². The molecule has 0 spiro atoms. The van der Waals surface area contributed by atoms with Crippen LogP contribution in [-0.2, 0) is 0 Å². The lowest BCUT2D eigenvalue weighted by Crippen LogP contribution is -2.53. The third-order valence-corrected chi connectivity index (χ3v) is 4.71. The second-order valence-corrected chi connectivity index (χ2v) is 6.55. The highest BCUT2D eigenvalue weighted by atomic mass is 16.3. The fourth-order valence-electron chi connectivity index (χ4n) is 3.26. The Labute approximate surface area is 144 Å². The molecule has 2 rings (SSSR count). The Morgan fingerprint density at radius 3 is 2.58 bits per heavy atom. The average molecular weight is 326 g/mol. The van der Waals surface area contributed by atoms with Gasteiger partial charge in [0.2, 0.25) is 0 Å². The standard InChI is InChI=1S/C19H26N4O/c1-16-13-22(14-17(12-21)6-5-9-20)10-11-23(16)15-19(24)18-7-3-2-4-8-18/h2-4,7-8,16-17,19,24H,5-6,10-11,13-15H2,1H3. The van der Waals surface area contributed by atoms with Crippen LogP contribution in [0.25, 0.3) is 0 Å². The third-order valence-electron chi connectivity index (χ3n) is 4.71. The maximum atomic E-state index is 10.4. The number of nitrogens with zero attached hydrogens (tertiary/aromatic N) is 4. The summed E-state index contributed by atoms with van der Waals surface area (Å²) in [5.41, 5.74) is 0.952. The minimum absolute atomic E-state index is 0.0710. The van der Waals surface area contributed by atoms with Crippen LogP contribution in [0.4, 0.5) is 0 Å². The van der Waals surface area contributed by atoms with E-state index in [1.54, 1.807) is 0 Å². The fraction of sp³-hybridized carbons (Fsp3) is 0.579.